The van der Waals surface area contributed by atoms with Crippen LogP contribution in [0.1, 0.15) is 35.8 Å². The molecule has 33 heavy (non-hydrogen) atoms. The number of benzene rings is 1. The molecule has 0 aliphatic rings. The summed E-state index contributed by atoms with van der Waals surface area (Å²) in [6.45, 7) is 4.53. The van der Waals surface area contributed by atoms with Gasteiger partial charge in [-0.15, -0.1) is 0 Å². The quantitative estimate of drug-likeness (QED) is 0.433. The van der Waals surface area contributed by atoms with Gasteiger partial charge in [-0.25, -0.2) is 15.0 Å². The van der Waals surface area contributed by atoms with E-state index < -0.39 is 6.04 Å². The summed E-state index contributed by atoms with van der Waals surface area (Å²) < 4.78 is 1.74. The Bertz CT molecular complexity index is 1190. The SMILES string of the molecule is Cc1ncc([C@@H](C)CN[C@@H](C(=O)Nc2ccc(-c3cnn(C)c3)cn2)c2ccccc2)cn1. The van der Waals surface area contributed by atoms with E-state index in [4.69, 9.17) is 0 Å². The van der Waals surface area contributed by atoms with Crippen LogP contribution in [-0.4, -0.2) is 37.2 Å². The average Bonchev–Trinajstić information content (AvgIpc) is 3.27. The lowest BCUT2D eigenvalue weighted by atomic mass is 10.0. The molecule has 0 unspecified atom stereocenters. The van der Waals surface area contributed by atoms with Crippen LogP contribution in [0, 0.1) is 6.92 Å². The van der Waals surface area contributed by atoms with Crippen LogP contribution in [0.15, 0.2) is 73.4 Å². The van der Waals surface area contributed by atoms with Gasteiger partial charge in [0.2, 0.25) is 5.91 Å². The number of nitrogens with one attached hydrogen (secondary N) is 2. The first-order valence-corrected chi connectivity index (χ1v) is 10.8. The molecule has 0 bridgehead atoms. The van der Waals surface area contributed by atoms with E-state index in [9.17, 15) is 4.79 Å². The van der Waals surface area contributed by atoms with E-state index in [1.165, 1.54) is 0 Å². The standard InChI is InChI=1S/C25H27N7O/c1-17(21-13-26-18(2)27-14-21)11-29-24(19-7-5-4-6-8-19)25(33)31-23-10-9-20(12-28-23)22-15-30-32(3)16-22/h4-10,12-17,24,29H,11H2,1-3H3,(H,28,31,33)/t17-,24+/m0/s1. The zero-order valence-electron chi connectivity index (χ0n) is 18.9. The van der Waals surface area contributed by atoms with Gasteiger partial charge in [-0.1, -0.05) is 37.3 Å². The predicted octanol–water partition coefficient (Wildman–Crippen LogP) is 3.65. The van der Waals surface area contributed by atoms with Crippen molar-refractivity contribution in [2.75, 3.05) is 11.9 Å². The Morgan fingerprint density at radius 1 is 0.939 bits per heavy atom. The summed E-state index contributed by atoms with van der Waals surface area (Å²) in [5.74, 6) is 1.20. The van der Waals surface area contributed by atoms with Crippen molar-refractivity contribution in [3.8, 4) is 11.1 Å². The first-order chi connectivity index (χ1) is 16.0. The summed E-state index contributed by atoms with van der Waals surface area (Å²) in [6, 6.07) is 12.9. The van der Waals surface area contributed by atoms with Gasteiger partial charge in [-0.3, -0.25) is 9.48 Å². The second kappa shape index (κ2) is 10.1. The van der Waals surface area contributed by atoms with Crippen LogP contribution in [0.25, 0.3) is 11.1 Å². The van der Waals surface area contributed by atoms with Gasteiger partial charge in [0.15, 0.2) is 0 Å². The molecular formula is C25H27N7O. The zero-order chi connectivity index (χ0) is 23.2. The monoisotopic (exact) mass is 441 g/mol. The minimum absolute atomic E-state index is 0.140. The van der Waals surface area contributed by atoms with E-state index in [1.54, 1.807) is 23.1 Å². The van der Waals surface area contributed by atoms with Crippen molar-refractivity contribution in [1.29, 1.82) is 0 Å². The lowest BCUT2D eigenvalue weighted by Gasteiger charge is -2.21. The summed E-state index contributed by atoms with van der Waals surface area (Å²) in [5, 5.41) is 10.5. The van der Waals surface area contributed by atoms with Crippen LogP contribution in [-0.2, 0) is 11.8 Å². The Morgan fingerprint density at radius 2 is 1.70 bits per heavy atom. The van der Waals surface area contributed by atoms with E-state index in [-0.39, 0.29) is 11.8 Å². The van der Waals surface area contributed by atoms with Gasteiger partial charge < -0.3 is 10.6 Å². The molecular weight excluding hydrogens is 414 g/mol. The van der Waals surface area contributed by atoms with Crippen LogP contribution in [0.3, 0.4) is 0 Å². The van der Waals surface area contributed by atoms with Gasteiger partial charge in [0, 0.05) is 49.5 Å². The molecule has 0 aliphatic carbocycles. The summed E-state index contributed by atoms with van der Waals surface area (Å²) in [7, 11) is 1.87. The van der Waals surface area contributed by atoms with Crippen LogP contribution in [0.5, 0.6) is 0 Å². The Morgan fingerprint density at radius 3 is 2.33 bits per heavy atom. The highest BCUT2D eigenvalue weighted by atomic mass is 16.2. The van der Waals surface area contributed by atoms with Crippen LogP contribution >= 0.6 is 0 Å². The third-order valence-corrected chi connectivity index (χ3v) is 5.45. The molecule has 168 valence electrons. The molecule has 0 radical (unpaired) electrons. The van der Waals surface area contributed by atoms with Crippen LogP contribution in [0.4, 0.5) is 5.82 Å². The lowest BCUT2D eigenvalue weighted by Crippen LogP contribution is -2.35. The molecule has 2 atom stereocenters. The highest BCUT2D eigenvalue weighted by Crippen LogP contribution is 2.21. The molecule has 8 heteroatoms. The fraction of sp³-hybridized carbons (Fsp3) is 0.240. The maximum atomic E-state index is 13.2. The van der Waals surface area contributed by atoms with Crippen molar-refractivity contribution in [3.05, 3.63) is 90.4 Å². The number of pyridine rings is 1. The number of carbonyl (C=O) groups is 1. The molecule has 2 N–H and O–H groups in total. The summed E-state index contributed by atoms with van der Waals surface area (Å²) in [6.07, 6.45) is 9.10. The molecule has 4 aromatic rings. The van der Waals surface area contributed by atoms with Gasteiger partial charge in [-0.2, -0.15) is 5.10 Å². The molecule has 0 spiro atoms. The van der Waals surface area contributed by atoms with Gasteiger partial charge >= 0.3 is 0 Å². The Labute approximate surface area is 193 Å². The summed E-state index contributed by atoms with van der Waals surface area (Å²) >= 11 is 0. The van der Waals surface area contributed by atoms with Gasteiger partial charge in [0.25, 0.3) is 0 Å². The molecule has 1 aromatic carbocycles. The molecule has 0 saturated heterocycles. The third-order valence-electron chi connectivity index (χ3n) is 5.45. The van der Waals surface area contributed by atoms with Crippen molar-refractivity contribution in [1.82, 2.24) is 30.0 Å². The van der Waals surface area contributed by atoms with Crippen LogP contribution in [0.2, 0.25) is 0 Å². The molecule has 3 aromatic heterocycles. The minimum atomic E-state index is -0.528. The largest absolute Gasteiger partial charge is 0.309 e. The van der Waals surface area contributed by atoms with E-state index in [0.29, 0.717) is 12.4 Å². The number of rotatable bonds is 8. The van der Waals surface area contributed by atoms with E-state index in [0.717, 1.165) is 28.1 Å². The maximum absolute atomic E-state index is 13.2. The van der Waals surface area contributed by atoms with Crippen LogP contribution < -0.4 is 10.6 Å². The van der Waals surface area contributed by atoms with Crippen molar-refractivity contribution in [2.24, 2.45) is 7.05 Å². The molecule has 4 rings (SSSR count). The number of hydrogen-bond acceptors (Lipinski definition) is 6. The number of carbonyl (C=O) groups excluding carboxylic acids is 1. The Hall–Kier alpha value is -3.91. The van der Waals surface area contributed by atoms with Crippen molar-refractivity contribution in [2.45, 2.75) is 25.8 Å². The molecule has 1 amide bonds. The first kappa shape index (κ1) is 22.3. The molecule has 0 fully saturated rings. The third kappa shape index (κ3) is 5.67. The number of aryl methyl sites for hydroxylation is 2. The van der Waals surface area contributed by atoms with Crippen molar-refractivity contribution >= 4 is 11.7 Å². The highest BCUT2D eigenvalue weighted by molar-refractivity contribution is 5.95. The van der Waals surface area contributed by atoms with E-state index in [2.05, 4.69) is 37.6 Å². The fourth-order valence-electron chi connectivity index (χ4n) is 3.48. The minimum Gasteiger partial charge on any atom is -0.309 e. The molecule has 3 heterocycles. The molecule has 8 nitrogen and oxygen atoms in total. The number of aromatic nitrogens is 5. The lowest BCUT2D eigenvalue weighted by molar-refractivity contribution is -0.118. The molecule has 0 aliphatic heterocycles. The number of hydrogen-bond donors (Lipinski definition) is 2. The normalized spacial score (nSPS) is 12.8. The zero-order valence-corrected chi connectivity index (χ0v) is 18.9. The predicted molar refractivity (Wildman–Crippen MR) is 127 cm³/mol. The summed E-state index contributed by atoms with van der Waals surface area (Å²) in [4.78, 5) is 26.2. The average molecular weight is 442 g/mol. The summed E-state index contributed by atoms with van der Waals surface area (Å²) in [5.41, 5.74) is 3.82. The maximum Gasteiger partial charge on any atom is 0.247 e. The topological polar surface area (TPSA) is 97.6 Å². The van der Waals surface area contributed by atoms with Crippen molar-refractivity contribution < 1.29 is 4.79 Å². The Balaban J connectivity index is 1.46. The highest BCUT2D eigenvalue weighted by Gasteiger charge is 2.22. The molecule has 0 saturated carbocycles. The fourth-order valence-corrected chi connectivity index (χ4v) is 3.48. The van der Waals surface area contributed by atoms with Gasteiger partial charge in [-0.05, 0) is 36.1 Å². The van der Waals surface area contributed by atoms with E-state index >= 15 is 0 Å². The van der Waals surface area contributed by atoms with Gasteiger partial charge in [0.05, 0.1) is 6.20 Å². The number of anilines is 1. The van der Waals surface area contributed by atoms with Crippen molar-refractivity contribution in [3.63, 3.8) is 0 Å². The van der Waals surface area contributed by atoms with Gasteiger partial charge in [0.1, 0.15) is 17.7 Å². The first-order valence-electron chi connectivity index (χ1n) is 10.8. The number of amides is 1. The smallest absolute Gasteiger partial charge is 0.247 e. The number of nitrogens with zero attached hydrogens (tertiary/aromatic N) is 5. The second-order valence-electron chi connectivity index (χ2n) is 8.04. The van der Waals surface area contributed by atoms with E-state index in [1.807, 2.05) is 69.0 Å². The second-order valence-corrected chi connectivity index (χ2v) is 8.04. The Kier molecular flexibility index (Phi) is 6.85.